The summed E-state index contributed by atoms with van der Waals surface area (Å²) >= 11 is 6.41. The molecule has 1 aliphatic heterocycles. The van der Waals surface area contributed by atoms with Crippen molar-refractivity contribution in [2.24, 2.45) is 0 Å². The van der Waals surface area contributed by atoms with Crippen molar-refractivity contribution in [3.8, 4) is 5.75 Å². The topological polar surface area (TPSA) is 59.8 Å². The standard InChI is InChI=1S/C31H21ClFNO4/c32-25-9-5-4-8-21(25)17-34-28(20-10-13-23(14-11-20)37-18-19-6-2-1-3-7-19)27-29(35)24-16-22(33)12-15-26(24)38-30(27)31(34)36/h1-16,28H,17-18H2. The molecule has 0 fully saturated rings. The lowest BCUT2D eigenvalue weighted by Gasteiger charge is -2.25. The Hall–Kier alpha value is -4.42. The van der Waals surface area contributed by atoms with Crippen LogP contribution in [0.5, 0.6) is 5.75 Å². The van der Waals surface area contributed by atoms with Gasteiger partial charge in [-0.3, -0.25) is 9.59 Å². The predicted molar refractivity (Wildman–Crippen MR) is 143 cm³/mol. The number of fused-ring (bicyclic) bond motifs is 2. The van der Waals surface area contributed by atoms with Gasteiger partial charge in [-0.05, 0) is 53.1 Å². The van der Waals surface area contributed by atoms with Crippen molar-refractivity contribution in [2.45, 2.75) is 19.2 Å². The summed E-state index contributed by atoms with van der Waals surface area (Å²) in [6.45, 7) is 0.564. The molecule has 5 nitrogen and oxygen atoms in total. The molecule has 1 amide bonds. The molecule has 1 aromatic heterocycles. The number of hydrogen-bond acceptors (Lipinski definition) is 4. The number of benzene rings is 4. The molecule has 0 saturated carbocycles. The fourth-order valence-electron chi connectivity index (χ4n) is 4.80. The molecule has 38 heavy (non-hydrogen) atoms. The van der Waals surface area contributed by atoms with E-state index in [0.717, 1.165) is 17.2 Å². The molecule has 7 heteroatoms. The van der Waals surface area contributed by atoms with E-state index in [2.05, 4.69) is 0 Å². The zero-order valence-corrected chi connectivity index (χ0v) is 20.8. The van der Waals surface area contributed by atoms with Crippen molar-refractivity contribution >= 4 is 28.5 Å². The van der Waals surface area contributed by atoms with Gasteiger partial charge in [-0.1, -0.05) is 72.3 Å². The summed E-state index contributed by atoms with van der Waals surface area (Å²) < 4.78 is 25.8. The number of halogens is 2. The smallest absolute Gasteiger partial charge is 0.291 e. The third-order valence-electron chi connectivity index (χ3n) is 6.67. The van der Waals surface area contributed by atoms with Crippen LogP contribution in [0.4, 0.5) is 4.39 Å². The maximum absolute atomic E-state index is 14.0. The van der Waals surface area contributed by atoms with Crippen LogP contribution in [0.15, 0.2) is 106 Å². The largest absolute Gasteiger partial charge is 0.489 e. The Morgan fingerprint density at radius 1 is 0.895 bits per heavy atom. The summed E-state index contributed by atoms with van der Waals surface area (Å²) in [6.07, 6.45) is 0. The van der Waals surface area contributed by atoms with Gasteiger partial charge in [0.2, 0.25) is 5.76 Å². The van der Waals surface area contributed by atoms with Gasteiger partial charge in [-0.2, -0.15) is 0 Å². The molecule has 6 rings (SSSR count). The molecular formula is C31H21ClFNO4. The van der Waals surface area contributed by atoms with E-state index in [9.17, 15) is 14.0 Å². The van der Waals surface area contributed by atoms with Crippen LogP contribution in [-0.2, 0) is 13.2 Å². The Bertz CT molecular complexity index is 1720. The highest BCUT2D eigenvalue weighted by Crippen LogP contribution is 2.40. The number of ether oxygens (including phenoxy) is 1. The lowest BCUT2D eigenvalue weighted by molar-refractivity contribution is 0.0714. The second kappa shape index (κ2) is 9.80. The Labute approximate surface area is 222 Å². The van der Waals surface area contributed by atoms with E-state index in [0.29, 0.717) is 22.9 Å². The molecule has 0 spiro atoms. The fraction of sp³-hybridized carbons (Fsp3) is 0.0968. The second-order valence-electron chi connectivity index (χ2n) is 9.08. The molecule has 0 N–H and O–H groups in total. The molecule has 0 saturated heterocycles. The summed E-state index contributed by atoms with van der Waals surface area (Å²) in [5.41, 5.74) is 2.36. The van der Waals surface area contributed by atoms with E-state index in [4.69, 9.17) is 20.8 Å². The zero-order valence-electron chi connectivity index (χ0n) is 20.1. The van der Waals surface area contributed by atoms with Gasteiger partial charge >= 0.3 is 0 Å². The summed E-state index contributed by atoms with van der Waals surface area (Å²) in [5.74, 6) is -0.390. The van der Waals surface area contributed by atoms with Gasteiger partial charge in [0.1, 0.15) is 23.8 Å². The highest BCUT2D eigenvalue weighted by atomic mass is 35.5. The SMILES string of the molecule is O=C1c2oc3ccc(F)cc3c(=O)c2C(c2ccc(OCc3ccccc3)cc2)N1Cc1ccccc1Cl. The van der Waals surface area contributed by atoms with Crippen molar-refractivity contribution in [2.75, 3.05) is 0 Å². The van der Waals surface area contributed by atoms with Gasteiger partial charge in [0, 0.05) is 11.6 Å². The Kier molecular flexibility index (Phi) is 6.18. The molecule has 0 radical (unpaired) electrons. The van der Waals surface area contributed by atoms with Crippen LogP contribution >= 0.6 is 11.6 Å². The van der Waals surface area contributed by atoms with Crippen molar-refractivity contribution in [1.29, 1.82) is 0 Å². The first kappa shape index (κ1) is 23.9. The lowest BCUT2D eigenvalue weighted by atomic mass is 9.98. The van der Waals surface area contributed by atoms with Gasteiger partial charge in [0.15, 0.2) is 5.43 Å². The normalized spacial score (nSPS) is 14.6. The Balaban J connectivity index is 1.42. The molecule has 1 atom stereocenters. The first-order chi connectivity index (χ1) is 18.5. The number of carbonyl (C=O) groups is 1. The van der Waals surface area contributed by atoms with Crippen LogP contribution in [0, 0.1) is 5.82 Å². The average Bonchev–Trinajstić information content (AvgIpc) is 3.21. The van der Waals surface area contributed by atoms with Crippen LogP contribution in [0.3, 0.4) is 0 Å². The van der Waals surface area contributed by atoms with E-state index in [-0.39, 0.29) is 28.8 Å². The molecule has 0 bridgehead atoms. The summed E-state index contributed by atoms with van der Waals surface area (Å²) in [4.78, 5) is 28.8. The van der Waals surface area contributed by atoms with Crippen molar-refractivity contribution in [3.63, 3.8) is 0 Å². The van der Waals surface area contributed by atoms with Crippen molar-refractivity contribution in [1.82, 2.24) is 4.90 Å². The first-order valence-corrected chi connectivity index (χ1v) is 12.4. The highest BCUT2D eigenvalue weighted by molar-refractivity contribution is 6.31. The minimum atomic E-state index is -0.749. The number of nitrogens with zero attached hydrogens (tertiary/aromatic N) is 1. The minimum absolute atomic E-state index is 0.0458. The average molecular weight is 526 g/mol. The minimum Gasteiger partial charge on any atom is -0.489 e. The van der Waals surface area contributed by atoms with Gasteiger partial charge in [0.25, 0.3) is 5.91 Å². The molecule has 2 heterocycles. The zero-order chi connectivity index (χ0) is 26.2. The van der Waals surface area contributed by atoms with E-state index in [1.54, 1.807) is 23.1 Å². The maximum Gasteiger partial charge on any atom is 0.291 e. The molecule has 1 unspecified atom stereocenters. The summed E-state index contributed by atoms with van der Waals surface area (Å²) in [7, 11) is 0. The summed E-state index contributed by atoms with van der Waals surface area (Å²) in [5, 5.41) is 0.593. The molecule has 1 aliphatic rings. The Morgan fingerprint density at radius 2 is 1.63 bits per heavy atom. The molecule has 188 valence electrons. The van der Waals surface area contributed by atoms with E-state index < -0.39 is 23.2 Å². The van der Waals surface area contributed by atoms with E-state index >= 15 is 0 Å². The van der Waals surface area contributed by atoms with E-state index in [1.165, 1.54) is 12.1 Å². The van der Waals surface area contributed by atoms with Crippen LogP contribution in [-0.4, -0.2) is 10.8 Å². The third kappa shape index (κ3) is 4.33. The van der Waals surface area contributed by atoms with Crippen molar-refractivity contribution in [3.05, 3.63) is 146 Å². The van der Waals surface area contributed by atoms with Crippen LogP contribution in [0.1, 0.15) is 38.9 Å². The molecular weight excluding hydrogens is 505 g/mol. The van der Waals surface area contributed by atoms with Gasteiger partial charge in [-0.15, -0.1) is 0 Å². The second-order valence-corrected chi connectivity index (χ2v) is 9.49. The van der Waals surface area contributed by atoms with Gasteiger partial charge < -0.3 is 14.1 Å². The Morgan fingerprint density at radius 3 is 2.39 bits per heavy atom. The maximum atomic E-state index is 14.0. The van der Waals surface area contributed by atoms with Crippen LogP contribution < -0.4 is 10.2 Å². The molecule has 4 aromatic carbocycles. The number of rotatable bonds is 6. The number of carbonyl (C=O) groups excluding carboxylic acids is 1. The van der Waals surface area contributed by atoms with E-state index in [1.807, 2.05) is 60.7 Å². The lowest BCUT2D eigenvalue weighted by Crippen LogP contribution is -2.29. The number of amides is 1. The van der Waals surface area contributed by atoms with Gasteiger partial charge in [-0.25, -0.2) is 4.39 Å². The quantitative estimate of drug-likeness (QED) is 0.242. The number of hydrogen-bond donors (Lipinski definition) is 0. The van der Waals surface area contributed by atoms with Crippen LogP contribution in [0.25, 0.3) is 11.0 Å². The third-order valence-corrected chi connectivity index (χ3v) is 7.04. The fourth-order valence-corrected chi connectivity index (χ4v) is 5.00. The predicted octanol–water partition coefficient (Wildman–Crippen LogP) is 6.91. The summed E-state index contributed by atoms with van der Waals surface area (Å²) in [6, 6.07) is 27.2. The van der Waals surface area contributed by atoms with Crippen molar-refractivity contribution < 1.29 is 18.3 Å². The van der Waals surface area contributed by atoms with Crippen LogP contribution in [0.2, 0.25) is 5.02 Å². The first-order valence-electron chi connectivity index (χ1n) is 12.1. The highest BCUT2D eigenvalue weighted by Gasteiger charge is 2.43. The molecule has 5 aromatic rings. The van der Waals surface area contributed by atoms with Gasteiger partial charge in [0.05, 0.1) is 17.0 Å². The molecule has 0 aliphatic carbocycles. The monoisotopic (exact) mass is 525 g/mol.